The minimum Gasteiger partial charge on any atom is -0.507 e. The van der Waals surface area contributed by atoms with Gasteiger partial charge < -0.3 is 15.3 Å². The SMILES string of the molecule is O=C(Nc1ccn(Cc2ccccc2)n1)C1CCCN1C(=O)c1ccccc1O. The van der Waals surface area contributed by atoms with E-state index in [2.05, 4.69) is 10.4 Å². The maximum Gasteiger partial charge on any atom is 0.258 e. The molecule has 1 aliphatic rings. The van der Waals surface area contributed by atoms with Gasteiger partial charge in [0.05, 0.1) is 12.1 Å². The highest BCUT2D eigenvalue weighted by Crippen LogP contribution is 2.25. The topological polar surface area (TPSA) is 87.5 Å². The molecule has 1 atom stereocenters. The maximum atomic E-state index is 12.8. The van der Waals surface area contributed by atoms with Gasteiger partial charge in [0, 0.05) is 18.8 Å². The Morgan fingerprint density at radius 2 is 1.83 bits per heavy atom. The van der Waals surface area contributed by atoms with E-state index in [1.54, 1.807) is 28.9 Å². The molecule has 0 radical (unpaired) electrons. The van der Waals surface area contributed by atoms with Crippen molar-refractivity contribution in [2.24, 2.45) is 0 Å². The van der Waals surface area contributed by atoms with Crippen LogP contribution in [0.4, 0.5) is 5.82 Å². The fourth-order valence-corrected chi connectivity index (χ4v) is 3.59. The number of aromatic nitrogens is 2. The molecule has 3 aromatic rings. The van der Waals surface area contributed by atoms with Gasteiger partial charge in [0.1, 0.15) is 11.8 Å². The number of benzene rings is 2. The van der Waals surface area contributed by atoms with Crippen LogP contribution in [0.2, 0.25) is 0 Å². The van der Waals surface area contributed by atoms with Crippen LogP contribution < -0.4 is 5.32 Å². The number of hydrogen-bond donors (Lipinski definition) is 2. The average Bonchev–Trinajstić information content (AvgIpc) is 3.38. The Bertz CT molecular complexity index is 1020. The van der Waals surface area contributed by atoms with Gasteiger partial charge in [-0.25, -0.2) is 0 Å². The highest BCUT2D eigenvalue weighted by molar-refractivity contribution is 6.02. The van der Waals surface area contributed by atoms with Gasteiger partial charge in [0.2, 0.25) is 5.91 Å². The Kier molecular flexibility index (Phi) is 5.29. The second-order valence-electron chi connectivity index (χ2n) is 7.05. The number of carbonyl (C=O) groups is 2. The van der Waals surface area contributed by atoms with Crippen LogP contribution >= 0.6 is 0 Å². The number of para-hydroxylation sites is 1. The number of anilines is 1. The van der Waals surface area contributed by atoms with Gasteiger partial charge in [-0.3, -0.25) is 14.3 Å². The fourth-order valence-electron chi connectivity index (χ4n) is 3.59. The number of amides is 2. The van der Waals surface area contributed by atoms with Gasteiger partial charge in [-0.05, 0) is 30.5 Å². The molecule has 2 N–H and O–H groups in total. The number of rotatable bonds is 5. The zero-order valence-electron chi connectivity index (χ0n) is 15.9. The van der Waals surface area contributed by atoms with Crippen LogP contribution in [0, 0.1) is 0 Å². The van der Waals surface area contributed by atoms with E-state index in [0.717, 1.165) is 12.0 Å². The molecule has 0 aliphatic carbocycles. The standard InChI is InChI=1S/C22H22N4O3/c27-19-11-5-4-9-17(19)22(29)26-13-6-10-18(26)21(28)23-20-12-14-25(24-20)15-16-7-2-1-3-8-16/h1-5,7-9,11-12,14,18,27H,6,10,13,15H2,(H,23,24,28). The van der Waals surface area contributed by atoms with Crippen molar-refractivity contribution in [1.82, 2.24) is 14.7 Å². The quantitative estimate of drug-likeness (QED) is 0.701. The van der Waals surface area contributed by atoms with Crippen molar-refractivity contribution >= 4 is 17.6 Å². The summed E-state index contributed by atoms with van der Waals surface area (Å²) in [7, 11) is 0. The second kappa shape index (κ2) is 8.18. The van der Waals surface area contributed by atoms with Gasteiger partial charge in [-0.1, -0.05) is 42.5 Å². The Labute approximate surface area is 168 Å². The number of carbonyl (C=O) groups excluding carboxylic acids is 2. The summed E-state index contributed by atoms with van der Waals surface area (Å²) in [6, 6.07) is 17.5. The Balaban J connectivity index is 1.43. The van der Waals surface area contributed by atoms with E-state index >= 15 is 0 Å². The lowest BCUT2D eigenvalue weighted by atomic mass is 10.1. The Hall–Kier alpha value is -3.61. The molecule has 29 heavy (non-hydrogen) atoms. The molecule has 7 heteroatoms. The lowest BCUT2D eigenvalue weighted by molar-refractivity contribution is -0.119. The van der Waals surface area contributed by atoms with Crippen molar-refractivity contribution in [1.29, 1.82) is 0 Å². The number of phenols is 1. The first-order valence-electron chi connectivity index (χ1n) is 9.59. The summed E-state index contributed by atoms with van der Waals surface area (Å²) < 4.78 is 1.75. The van der Waals surface area contributed by atoms with Crippen molar-refractivity contribution < 1.29 is 14.7 Å². The normalized spacial score (nSPS) is 16.0. The zero-order chi connectivity index (χ0) is 20.2. The summed E-state index contributed by atoms with van der Waals surface area (Å²) in [5.41, 5.74) is 1.32. The number of phenolic OH excluding ortho intramolecular Hbond substituents is 1. The summed E-state index contributed by atoms with van der Waals surface area (Å²) in [5.74, 6) is -0.234. The molecular weight excluding hydrogens is 368 g/mol. The van der Waals surface area contributed by atoms with Crippen LogP contribution in [0.3, 0.4) is 0 Å². The Morgan fingerprint density at radius 3 is 2.62 bits per heavy atom. The molecule has 4 rings (SSSR count). The van der Waals surface area contributed by atoms with E-state index in [-0.39, 0.29) is 23.1 Å². The van der Waals surface area contributed by atoms with Gasteiger partial charge >= 0.3 is 0 Å². The summed E-state index contributed by atoms with van der Waals surface area (Å²) in [5, 5.41) is 17.2. The van der Waals surface area contributed by atoms with Gasteiger partial charge in [0.15, 0.2) is 5.82 Å². The third-order valence-corrected chi connectivity index (χ3v) is 5.03. The maximum absolute atomic E-state index is 12.8. The predicted octanol–water partition coefficient (Wildman–Crippen LogP) is 2.88. The van der Waals surface area contributed by atoms with Crippen molar-refractivity contribution in [3.05, 3.63) is 78.0 Å². The molecule has 0 saturated carbocycles. The number of nitrogens with one attached hydrogen (secondary N) is 1. The molecule has 2 heterocycles. The van der Waals surface area contributed by atoms with Crippen LogP contribution in [0.25, 0.3) is 0 Å². The molecule has 1 fully saturated rings. The van der Waals surface area contributed by atoms with Crippen molar-refractivity contribution in [3.8, 4) is 5.75 Å². The monoisotopic (exact) mass is 390 g/mol. The van der Waals surface area contributed by atoms with E-state index < -0.39 is 6.04 Å². The summed E-state index contributed by atoms with van der Waals surface area (Å²) in [4.78, 5) is 27.1. The van der Waals surface area contributed by atoms with Crippen LogP contribution in [0.1, 0.15) is 28.8 Å². The minimum absolute atomic E-state index is 0.0804. The third-order valence-electron chi connectivity index (χ3n) is 5.03. The number of nitrogens with zero attached hydrogens (tertiary/aromatic N) is 3. The van der Waals surface area contributed by atoms with Crippen LogP contribution in [0.5, 0.6) is 5.75 Å². The zero-order valence-corrected chi connectivity index (χ0v) is 15.9. The van der Waals surface area contributed by atoms with Crippen LogP contribution in [0.15, 0.2) is 66.9 Å². The molecule has 1 aliphatic heterocycles. The van der Waals surface area contributed by atoms with Crippen molar-refractivity contribution in [2.75, 3.05) is 11.9 Å². The van der Waals surface area contributed by atoms with E-state index in [1.807, 2.05) is 36.5 Å². The van der Waals surface area contributed by atoms with Crippen LogP contribution in [-0.4, -0.2) is 44.2 Å². The second-order valence-corrected chi connectivity index (χ2v) is 7.05. The molecule has 2 aromatic carbocycles. The molecule has 7 nitrogen and oxygen atoms in total. The number of hydrogen-bond acceptors (Lipinski definition) is 4. The minimum atomic E-state index is -0.582. The van der Waals surface area contributed by atoms with Gasteiger partial charge in [0.25, 0.3) is 5.91 Å². The highest BCUT2D eigenvalue weighted by atomic mass is 16.3. The number of likely N-dealkylation sites (tertiary alicyclic amines) is 1. The Morgan fingerprint density at radius 1 is 1.07 bits per heavy atom. The average molecular weight is 390 g/mol. The van der Waals surface area contributed by atoms with Crippen molar-refractivity contribution in [3.63, 3.8) is 0 Å². The molecule has 1 unspecified atom stereocenters. The number of aromatic hydroxyl groups is 1. The third kappa shape index (κ3) is 4.13. The largest absolute Gasteiger partial charge is 0.507 e. The predicted molar refractivity (Wildman–Crippen MR) is 109 cm³/mol. The van der Waals surface area contributed by atoms with E-state index in [1.165, 1.54) is 11.0 Å². The molecular formula is C22H22N4O3. The first-order valence-corrected chi connectivity index (χ1v) is 9.59. The van der Waals surface area contributed by atoms with Gasteiger partial charge in [-0.2, -0.15) is 5.10 Å². The molecule has 148 valence electrons. The first-order chi connectivity index (χ1) is 14.1. The van der Waals surface area contributed by atoms with E-state index in [4.69, 9.17) is 0 Å². The summed E-state index contributed by atoms with van der Waals surface area (Å²) >= 11 is 0. The van der Waals surface area contributed by atoms with Crippen molar-refractivity contribution in [2.45, 2.75) is 25.4 Å². The molecule has 0 spiro atoms. The summed E-state index contributed by atoms with van der Waals surface area (Å²) in [6.45, 7) is 1.09. The highest BCUT2D eigenvalue weighted by Gasteiger charge is 2.35. The lowest BCUT2D eigenvalue weighted by Gasteiger charge is -2.24. The first kappa shape index (κ1) is 18.7. The van der Waals surface area contributed by atoms with Gasteiger partial charge in [-0.15, -0.1) is 0 Å². The fraction of sp³-hybridized carbons (Fsp3) is 0.227. The van der Waals surface area contributed by atoms with Crippen LogP contribution in [-0.2, 0) is 11.3 Å². The molecule has 0 bridgehead atoms. The molecule has 2 amide bonds. The lowest BCUT2D eigenvalue weighted by Crippen LogP contribution is -2.43. The molecule has 1 aromatic heterocycles. The smallest absolute Gasteiger partial charge is 0.258 e. The van der Waals surface area contributed by atoms with E-state index in [9.17, 15) is 14.7 Å². The molecule has 1 saturated heterocycles. The van der Waals surface area contributed by atoms with E-state index in [0.29, 0.717) is 25.3 Å². The summed E-state index contributed by atoms with van der Waals surface area (Å²) in [6.07, 6.45) is 3.12.